The summed E-state index contributed by atoms with van der Waals surface area (Å²) in [7, 11) is 0. The van der Waals surface area contributed by atoms with Gasteiger partial charge in [0.05, 0.1) is 13.2 Å². The van der Waals surface area contributed by atoms with Crippen molar-refractivity contribution in [1.82, 2.24) is 0 Å². The van der Waals surface area contributed by atoms with Crippen molar-refractivity contribution in [2.75, 3.05) is 13.2 Å². The highest BCUT2D eigenvalue weighted by molar-refractivity contribution is 5.74. The molecule has 1 rings (SSSR count). The second-order valence-electron chi connectivity index (χ2n) is 4.21. The summed E-state index contributed by atoms with van der Waals surface area (Å²) in [4.78, 5) is 21.7. The average Bonchev–Trinajstić information content (AvgIpc) is 2.45. The lowest BCUT2D eigenvalue weighted by molar-refractivity contribution is -0.143. The van der Waals surface area contributed by atoms with Gasteiger partial charge >= 0.3 is 5.97 Å². The average molecular weight is 264 g/mol. The Morgan fingerprint density at radius 1 is 1.16 bits per heavy atom. The van der Waals surface area contributed by atoms with Crippen molar-refractivity contribution in [1.29, 1.82) is 0 Å². The van der Waals surface area contributed by atoms with Crippen LogP contribution >= 0.6 is 0 Å². The largest absolute Gasteiger partial charge is 0.494 e. The van der Waals surface area contributed by atoms with E-state index in [1.807, 2.05) is 6.92 Å². The fraction of sp³-hybridized carbons (Fsp3) is 0.467. The molecule has 0 radical (unpaired) electrons. The molecular weight excluding hydrogens is 244 g/mol. The molecular formula is C15H20O4. The quantitative estimate of drug-likeness (QED) is 0.391. The first kappa shape index (κ1) is 15.2. The van der Waals surface area contributed by atoms with Crippen LogP contribution in [0.3, 0.4) is 0 Å². The molecule has 0 amide bonds. The second-order valence-corrected chi connectivity index (χ2v) is 4.21. The first-order valence-corrected chi connectivity index (χ1v) is 6.60. The molecule has 0 unspecified atom stereocenters. The topological polar surface area (TPSA) is 52.6 Å². The van der Waals surface area contributed by atoms with Crippen molar-refractivity contribution in [2.45, 2.75) is 32.6 Å². The molecule has 0 spiro atoms. The van der Waals surface area contributed by atoms with Crippen molar-refractivity contribution < 1.29 is 19.1 Å². The van der Waals surface area contributed by atoms with E-state index < -0.39 is 0 Å². The van der Waals surface area contributed by atoms with Gasteiger partial charge in [0, 0.05) is 12.0 Å². The smallest absolute Gasteiger partial charge is 0.305 e. The van der Waals surface area contributed by atoms with Crippen LogP contribution in [0.15, 0.2) is 24.3 Å². The standard InChI is InChI=1S/C15H20O4/c1-2-10-19-15(17)5-3-4-11-18-14-8-6-13(12-16)7-9-14/h6-9,12H,2-5,10-11H2,1H3. The molecule has 0 saturated heterocycles. The van der Waals surface area contributed by atoms with Crippen LogP contribution in [0.5, 0.6) is 5.75 Å². The van der Waals surface area contributed by atoms with Crippen LogP contribution in [0.25, 0.3) is 0 Å². The van der Waals surface area contributed by atoms with E-state index in [9.17, 15) is 9.59 Å². The van der Waals surface area contributed by atoms with Gasteiger partial charge in [0.15, 0.2) is 0 Å². The maximum Gasteiger partial charge on any atom is 0.305 e. The lowest BCUT2D eigenvalue weighted by Crippen LogP contribution is -2.06. The minimum Gasteiger partial charge on any atom is -0.494 e. The molecule has 0 aliphatic rings. The lowest BCUT2D eigenvalue weighted by Gasteiger charge is -2.06. The van der Waals surface area contributed by atoms with Gasteiger partial charge in [-0.1, -0.05) is 6.92 Å². The first-order chi connectivity index (χ1) is 9.26. The maximum atomic E-state index is 11.2. The van der Waals surface area contributed by atoms with Crippen molar-refractivity contribution in [3.05, 3.63) is 29.8 Å². The normalized spacial score (nSPS) is 9.95. The van der Waals surface area contributed by atoms with Gasteiger partial charge in [-0.2, -0.15) is 0 Å². The Morgan fingerprint density at radius 3 is 2.53 bits per heavy atom. The zero-order chi connectivity index (χ0) is 13.9. The van der Waals surface area contributed by atoms with Crippen LogP contribution in [0, 0.1) is 0 Å². The first-order valence-electron chi connectivity index (χ1n) is 6.60. The van der Waals surface area contributed by atoms with E-state index in [4.69, 9.17) is 9.47 Å². The van der Waals surface area contributed by atoms with E-state index >= 15 is 0 Å². The van der Waals surface area contributed by atoms with Gasteiger partial charge in [0.25, 0.3) is 0 Å². The molecule has 0 atom stereocenters. The minimum absolute atomic E-state index is 0.141. The summed E-state index contributed by atoms with van der Waals surface area (Å²) in [5.41, 5.74) is 0.631. The van der Waals surface area contributed by atoms with Crippen LogP contribution in [0.2, 0.25) is 0 Å². The number of benzene rings is 1. The summed E-state index contributed by atoms with van der Waals surface area (Å²) >= 11 is 0. The summed E-state index contributed by atoms with van der Waals surface area (Å²) in [5.74, 6) is 0.594. The number of rotatable bonds is 9. The van der Waals surface area contributed by atoms with Crippen LogP contribution in [-0.2, 0) is 9.53 Å². The molecule has 104 valence electrons. The Hall–Kier alpha value is -1.84. The number of hydrogen-bond acceptors (Lipinski definition) is 4. The van der Waals surface area contributed by atoms with Gasteiger partial charge in [-0.3, -0.25) is 9.59 Å². The third-order valence-corrected chi connectivity index (χ3v) is 2.53. The molecule has 0 aliphatic carbocycles. The summed E-state index contributed by atoms with van der Waals surface area (Å²) < 4.78 is 10.5. The van der Waals surface area contributed by atoms with Crippen LogP contribution in [-0.4, -0.2) is 25.5 Å². The predicted molar refractivity (Wildman–Crippen MR) is 72.4 cm³/mol. The van der Waals surface area contributed by atoms with Crippen LogP contribution in [0.4, 0.5) is 0 Å². The van der Waals surface area contributed by atoms with Crippen molar-refractivity contribution in [2.24, 2.45) is 0 Å². The Bertz CT molecular complexity index is 384. The van der Waals surface area contributed by atoms with Gasteiger partial charge in [0.1, 0.15) is 12.0 Å². The molecule has 0 bridgehead atoms. The van der Waals surface area contributed by atoms with Crippen molar-refractivity contribution in [3.63, 3.8) is 0 Å². The molecule has 0 fully saturated rings. The molecule has 0 heterocycles. The molecule has 0 aromatic heterocycles. The molecule has 4 nitrogen and oxygen atoms in total. The highest BCUT2D eigenvalue weighted by atomic mass is 16.5. The number of carbonyl (C=O) groups excluding carboxylic acids is 2. The van der Waals surface area contributed by atoms with E-state index in [0.29, 0.717) is 25.2 Å². The fourth-order valence-electron chi connectivity index (χ4n) is 1.49. The molecule has 4 heteroatoms. The van der Waals surface area contributed by atoms with E-state index in [0.717, 1.165) is 31.3 Å². The van der Waals surface area contributed by atoms with E-state index in [1.165, 1.54) is 0 Å². The Kier molecular flexibility index (Phi) is 7.32. The fourth-order valence-corrected chi connectivity index (χ4v) is 1.49. The number of aldehydes is 1. The Morgan fingerprint density at radius 2 is 1.89 bits per heavy atom. The third kappa shape index (κ3) is 6.60. The number of hydrogen-bond donors (Lipinski definition) is 0. The van der Waals surface area contributed by atoms with Crippen molar-refractivity contribution >= 4 is 12.3 Å². The van der Waals surface area contributed by atoms with Gasteiger partial charge in [-0.05, 0) is 43.5 Å². The van der Waals surface area contributed by atoms with Crippen LogP contribution < -0.4 is 4.74 Å². The molecule has 1 aromatic rings. The Labute approximate surface area is 113 Å². The highest BCUT2D eigenvalue weighted by Gasteiger charge is 2.01. The lowest BCUT2D eigenvalue weighted by atomic mass is 10.2. The minimum atomic E-state index is -0.141. The summed E-state index contributed by atoms with van der Waals surface area (Å²) in [5, 5.41) is 0. The van der Waals surface area contributed by atoms with Crippen molar-refractivity contribution in [3.8, 4) is 5.75 Å². The molecule has 0 aliphatic heterocycles. The molecule has 19 heavy (non-hydrogen) atoms. The number of esters is 1. The third-order valence-electron chi connectivity index (χ3n) is 2.53. The van der Waals surface area contributed by atoms with Gasteiger partial charge in [-0.15, -0.1) is 0 Å². The SMILES string of the molecule is CCCOC(=O)CCCCOc1ccc(C=O)cc1. The van der Waals surface area contributed by atoms with Gasteiger partial charge in [0.2, 0.25) is 0 Å². The number of unbranched alkanes of at least 4 members (excludes halogenated alkanes) is 1. The summed E-state index contributed by atoms with van der Waals surface area (Å²) in [6.07, 6.45) is 3.65. The summed E-state index contributed by atoms with van der Waals surface area (Å²) in [6, 6.07) is 6.95. The summed E-state index contributed by atoms with van der Waals surface area (Å²) in [6.45, 7) is 3.02. The van der Waals surface area contributed by atoms with Crippen LogP contribution in [0.1, 0.15) is 43.0 Å². The second kappa shape index (κ2) is 9.14. The molecule has 0 saturated carbocycles. The Balaban J connectivity index is 2.10. The zero-order valence-electron chi connectivity index (χ0n) is 11.3. The van der Waals surface area contributed by atoms with E-state index in [2.05, 4.69) is 0 Å². The molecule has 1 aromatic carbocycles. The van der Waals surface area contributed by atoms with Gasteiger partial charge in [-0.25, -0.2) is 0 Å². The highest BCUT2D eigenvalue weighted by Crippen LogP contribution is 2.11. The number of ether oxygens (including phenoxy) is 2. The maximum absolute atomic E-state index is 11.2. The van der Waals surface area contributed by atoms with E-state index in [-0.39, 0.29) is 5.97 Å². The molecule has 0 N–H and O–H groups in total. The van der Waals surface area contributed by atoms with E-state index in [1.54, 1.807) is 24.3 Å². The predicted octanol–water partition coefficient (Wildman–Crippen LogP) is 3.00. The monoisotopic (exact) mass is 264 g/mol. The zero-order valence-corrected chi connectivity index (χ0v) is 11.3. The van der Waals surface area contributed by atoms with Gasteiger partial charge < -0.3 is 9.47 Å². The number of carbonyl (C=O) groups is 2.